The van der Waals surface area contributed by atoms with E-state index in [1.807, 2.05) is 48.9 Å². The first-order valence-electron chi connectivity index (χ1n) is 9.67. The smallest absolute Gasteiger partial charge is 0.258 e. The van der Waals surface area contributed by atoms with E-state index in [1.54, 1.807) is 18.2 Å². The van der Waals surface area contributed by atoms with Gasteiger partial charge in [0.1, 0.15) is 18.1 Å². The first-order chi connectivity index (χ1) is 14.6. The lowest BCUT2D eigenvalue weighted by Gasteiger charge is -2.11. The molecule has 0 bridgehead atoms. The zero-order valence-electron chi connectivity index (χ0n) is 16.7. The van der Waals surface area contributed by atoms with Crippen molar-refractivity contribution in [2.45, 2.75) is 32.9 Å². The first kappa shape index (κ1) is 19.4. The number of aldehydes is 1. The Balaban J connectivity index is 1.63. The Morgan fingerprint density at radius 3 is 2.80 bits per heavy atom. The number of carbonyl (C=O) groups excluding carboxylic acids is 1. The van der Waals surface area contributed by atoms with E-state index in [2.05, 4.69) is 16.2 Å². The van der Waals surface area contributed by atoms with E-state index < -0.39 is 0 Å². The van der Waals surface area contributed by atoms with Crippen molar-refractivity contribution >= 4 is 17.2 Å². The third-order valence-corrected chi connectivity index (χ3v) is 4.65. The number of nitriles is 1. The molecule has 0 unspecified atom stereocenters. The molecule has 4 rings (SSSR count). The summed E-state index contributed by atoms with van der Waals surface area (Å²) in [5.74, 6) is 1.33. The summed E-state index contributed by atoms with van der Waals surface area (Å²) in [5.41, 5.74) is 2.94. The summed E-state index contributed by atoms with van der Waals surface area (Å²) in [5, 5.41) is 14.6. The van der Waals surface area contributed by atoms with Gasteiger partial charge in [0, 0.05) is 41.2 Å². The van der Waals surface area contributed by atoms with Gasteiger partial charge in [-0.25, -0.2) is 0 Å². The molecule has 2 aromatic carbocycles. The minimum Gasteiger partial charge on any atom is -0.490 e. The summed E-state index contributed by atoms with van der Waals surface area (Å²) in [6.07, 6.45) is 3.33. The van der Waals surface area contributed by atoms with Gasteiger partial charge in [-0.1, -0.05) is 5.16 Å². The van der Waals surface area contributed by atoms with Crippen molar-refractivity contribution in [3.8, 4) is 34.7 Å². The number of ether oxygens (including phenoxy) is 1. The summed E-state index contributed by atoms with van der Waals surface area (Å²) >= 11 is 0. The van der Waals surface area contributed by atoms with Crippen LogP contribution >= 0.6 is 0 Å². The molecule has 0 aliphatic rings. The predicted molar refractivity (Wildman–Crippen MR) is 112 cm³/mol. The lowest BCUT2D eigenvalue weighted by molar-refractivity contribution is -0.108. The van der Waals surface area contributed by atoms with Gasteiger partial charge in [0.25, 0.3) is 5.89 Å². The van der Waals surface area contributed by atoms with E-state index in [0.717, 1.165) is 22.8 Å². The van der Waals surface area contributed by atoms with Crippen LogP contribution in [-0.2, 0) is 11.3 Å². The highest BCUT2D eigenvalue weighted by molar-refractivity contribution is 5.84. The third-order valence-electron chi connectivity index (χ3n) is 4.65. The van der Waals surface area contributed by atoms with Crippen molar-refractivity contribution < 1.29 is 14.1 Å². The molecule has 0 radical (unpaired) electrons. The van der Waals surface area contributed by atoms with Gasteiger partial charge in [0.15, 0.2) is 0 Å². The van der Waals surface area contributed by atoms with Gasteiger partial charge in [0.2, 0.25) is 5.82 Å². The molecule has 0 aliphatic heterocycles. The maximum atomic E-state index is 10.6. The number of hydrogen-bond donors (Lipinski definition) is 0. The minimum atomic E-state index is -0.0267. The van der Waals surface area contributed by atoms with Crippen LogP contribution in [0.3, 0.4) is 0 Å². The Morgan fingerprint density at radius 1 is 1.20 bits per heavy atom. The number of aryl methyl sites for hydroxylation is 1. The van der Waals surface area contributed by atoms with E-state index in [9.17, 15) is 10.1 Å². The second-order valence-electron chi connectivity index (χ2n) is 7.15. The molecule has 4 aromatic rings. The predicted octanol–water partition coefficient (Wildman–Crippen LogP) is 4.61. The summed E-state index contributed by atoms with van der Waals surface area (Å²) < 4.78 is 13.1. The van der Waals surface area contributed by atoms with Crippen molar-refractivity contribution in [3.05, 3.63) is 54.2 Å². The molecule has 30 heavy (non-hydrogen) atoms. The average molecular weight is 400 g/mol. The van der Waals surface area contributed by atoms with Crippen molar-refractivity contribution in [3.63, 3.8) is 0 Å². The normalized spacial score (nSPS) is 11.0. The zero-order chi connectivity index (χ0) is 21.1. The lowest BCUT2D eigenvalue weighted by atomic mass is 10.1. The van der Waals surface area contributed by atoms with E-state index >= 15 is 0 Å². The van der Waals surface area contributed by atoms with Crippen LogP contribution < -0.4 is 4.74 Å². The summed E-state index contributed by atoms with van der Waals surface area (Å²) in [4.78, 5) is 15.1. The first-order valence-corrected chi connectivity index (χ1v) is 9.67. The van der Waals surface area contributed by atoms with Crippen LogP contribution in [0.25, 0.3) is 33.7 Å². The van der Waals surface area contributed by atoms with E-state index in [-0.39, 0.29) is 6.10 Å². The molecule has 0 fully saturated rings. The molecule has 2 heterocycles. The maximum absolute atomic E-state index is 10.6. The second kappa shape index (κ2) is 8.21. The highest BCUT2D eigenvalue weighted by Gasteiger charge is 2.14. The van der Waals surface area contributed by atoms with Crippen LogP contribution in [0.1, 0.15) is 25.8 Å². The number of hydrogen-bond acceptors (Lipinski definition) is 6. The Hall–Kier alpha value is -3.92. The molecule has 0 spiro atoms. The van der Waals surface area contributed by atoms with Crippen LogP contribution in [-0.4, -0.2) is 27.1 Å². The van der Waals surface area contributed by atoms with Gasteiger partial charge in [-0.2, -0.15) is 10.2 Å². The fourth-order valence-corrected chi connectivity index (χ4v) is 3.29. The Labute approximate surface area is 173 Å². The van der Waals surface area contributed by atoms with E-state index in [1.165, 1.54) is 0 Å². The zero-order valence-corrected chi connectivity index (χ0v) is 16.7. The van der Waals surface area contributed by atoms with Crippen LogP contribution in [0, 0.1) is 11.3 Å². The fraction of sp³-hybridized carbons (Fsp3) is 0.217. The van der Waals surface area contributed by atoms with Crippen molar-refractivity contribution in [2.75, 3.05) is 0 Å². The molecule has 0 atom stereocenters. The van der Waals surface area contributed by atoms with Crippen molar-refractivity contribution in [1.29, 1.82) is 5.26 Å². The molecule has 0 saturated heterocycles. The average Bonchev–Trinajstić information content (AvgIpc) is 3.39. The van der Waals surface area contributed by atoms with Gasteiger partial charge in [0.05, 0.1) is 11.7 Å². The summed E-state index contributed by atoms with van der Waals surface area (Å²) in [6.45, 7) is 4.47. The highest BCUT2D eigenvalue weighted by atomic mass is 16.5. The lowest BCUT2D eigenvalue weighted by Crippen LogP contribution is -2.06. The number of nitrogens with zero attached hydrogens (tertiary/aromatic N) is 4. The molecule has 7 heteroatoms. The van der Waals surface area contributed by atoms with Gasteiger partial charge >= 0.3 is 0 Å². The molecule has 7 nitrogen and oxygen atoms in total. The summed E-state index contributed by atoms with van der Waals surface area (Å²) in [6, 6.07) is 15.3. The molecule has 0 amide bonds. The molecule has 150 valence electrons. The second-order valence-corrected chi connectivity index (χ2v) is 7.15. The van der Waals surface area contributed by atoms with Crippen LogP contribution in [0.2, 0.25) is 0 Å². The SMILES string of the molecule is CC(C)Oc1ccc(-c2nc(-c3ccc4c(ccn4CCC=O)c3)no2)cc1C#N. The van der Waals surface area contributed by atoms with Crippen molar-refractivity contribution in [2.24, 2.45) is 0 Å². The Kier molecular flexibility index (Phi) is 5.31. The fourth-order valence-electron chi connectivity index (χ4n) is 3.29. The van der Waals surface area contributed by atoms with Crippen LogP contribution in [0.5, 0.6) is 5.75 Å². The van der Waals surface area contributed by atoms with Crippen molar-refractivity contribution in [1.82, 2.24) is 14.7 Å². The molecule has 0 aliphatic carbocycles. The molecule has 2 aromatic heterocycles. The van der Waals surface area contributed by atoms with Crippen LogP contribution in [0.4, 0.5) is 0 Å². The minimum absolute atomic E-state index is 0.0267. The quantitative estimate of drug-likeness (QED) is 0.421. The van der Waals surface area contributed by atoms with Gasteiger partial charge in [-0.05, 0) is 56.3 Å². The van der Waals surface area contributed by atoms with E-state index in [0.29, 0.717) is 41.6 Å². The molecular weight excluding hydrogens is 380 g/mol. The topological polar surface area (TPSA) is 93.9 Å². The van der Waals surface area contributed by atoms with Gasteiger partial charge in [-0.15, -0.1) is 0 Å². The standard InChI is InChI=1S/C23H20N4O3/c1-15(2)29-21-7-5-18(13-19(21)14-24)23-25-22(26-30-23)17-4-6-20-16(12-17)8-10-27(20)9-3-11-28/h4-8,10-13,15H,3,9H2,1-2H3. The van der Waals surface area contributed by atoms with E-state index in [4.69, 9.17) is 9.26 Å². The molecule has 0 N–H and O–H groups in total. The number of carbonyl (C=O) groups is 1. The monoisotopic (exact) mass is 400 g/mol. The third kappa shape index (κ3) is 3.80. The van der Waals surface area contributed by atoms with Gasteiger partial charge in [-0.3, -0.25) is 0 Å². The molecular formula is C23H20N4O3. The Morgan fingerprint density at radius 2 is 2.03 bits per heavy atom. The number of fused-ring (bicyclic) bond motifs is 1. The maximum Gasteiger partial charge on any atom is 0.258 e. The van der Waals surface area contributed by atoms with Gasteiger partial charge < -0.3 is 18.6 Å². The number of rotatable bonds is 7. The summed E-state index contributed by atoms with van der Waals surface area (Å²) in [7, 11) is 0. The number of aromatic nitrogens is 3. The largest absolute Gasteiger partial charge is 0.490 e. The number of benzene rings is 2. The molecule has 0 saturated carbocycles. The Bertz CT molecular complexity index is 1250. The highest BCUT2D eigenvalue weighted by Crippen LogP contribution is 2.29. The van der Waals surface area contributed by atoms with Crippen LogP contribution in [0.15, 0.2) is 53.2 Å².